The molecule has 0 aliphatic heterocycles. The summed E-state index contributed by atoms with van der Waals surface area (Å²) >= 11 is 12.2. The van der Waals surface area contributed by atoms with Gasteiger partial charge in [-0.25, -0.2) is 4.39 Å². The average Bonchev–Trinajstić information content (AvgIpc) is 2.38. The fourth-order valence-corrected chi connectivity index (χ4v) is 2.63. The van der Waals surface area contributed by atoms with Crippen molar-refractivity contribution < 1.29 is 9.13 Å². The summed E-state index contributed by atoms with van der Waals surface area (Å²) in [7, 11) is 0. The minimum atomic E-state index is -0.309. The Labute approximate surface area is 133 Å². The van der Waals surface area contributed by atoms with E-state index in [0.29, 0.717) is 27.8 Å². The Morgan fingerprint density at radius 3 is 2.57 bits per heavy atom. The van der Waals surface area contributed by atoms with Gasteiger partial charge in [0.15, 0.2) is 0 Å². The van der Waals surface area contributed by atoms with E-state index in [-0.39, 0.29) is 18.5 Å². The number of benzene rings is 2. The summed E-state index contributed by atoms with van der Waals surface area (Å²) in [6.45, 7) is 1.98. The normalized spacial score (nSPS) is 12.2. The van der Waals surface area contributed by atoms with Crippen molar-refractivity contribution in [1.82, 2.24) is 0 Å². The number of halogens is 3. The molecule has 0 bridgehead atoms. The topological polar surface area (TPSA) is 35.2 Å². The molecule has 1 atom stereocenters. The van der Waals surface area contributed by atoms with Gasteiger partial charge in [0.05, 0.1) is 5.02 Å². The van der Waals surface area contributed by atoms with E-state index in [9.17, 15) is 4.39 Å². The van der Waals surface area contributed by atoms with Gasteiger partial charge in [0, 0.05) is 16.6 Å². The molecular formula is C16H16Cl2FNO. The van der Waals surface area contributed by atoms with Gasteiger partial charge in [-0.05, 0) is 37.1 Å². The molecule has 5 heteroatoms. The predicted molar refractivity (Wildman–Crippen MR) is 84.5 cm³/mol. The lowest BCUT2D eigenvalue weighted by molar-refractivity contribution is 0.296. The molecular weight excluding hydrogens is 312 g/mol. The highest BCUT2D eigenvalue weighted by Crippen LogP contribution is 2.33. The summed E-state index contributed by atoms with van der Waals surface area (Å²) in [6, 6.07) is 9.77. The first-order valence-electron chi connectivity index (χ1n) is 6.57. The van der Waals surface area contributed by atoms with Crippen LogP contribution in [0.1, 0.15) is 18.1 Å². The van der Waals surface area contributed by atoms with Crippen LogP contribution in [0.25, 0.3) is 0 Å². The van der Waals surface area contributed by atoms with Crippen molar-refractivity contribution in [3.63, 3.8) is 0 Å². The van der Waals surface area contributed by atoms with Crippen molar-refractivity contribution in [1.29, 1.82) is 0 Å². The molecule has 2 aromatic carbocycles. The fourth-order valence-electron chi connectivity index (χ4n) is 2.04. The van der Waals surface area contributed by atoms with Crippen LogP contribution >= 0.6 is 23.2 Å². The molecule has 2 aromatic rings. The summed E-state index contributed by atoms with van der Waals surface area (Å²) in [5.41, 5.74) is 7.11. The maximum Gasteiger partial charge on any atom is 0.141 e. The van der Waals surface area contributed by atoms with Crippen molar-refractivity contribution in [2.45, 2.75) is 26.0 Å². The largest absolute Gasteiger partial charge is 0.487 e. The first-order valence-corrected chi connectivity index (χ1v) is 7.32. The Balaban J connectivity index is 2.24. The van der Waals surface area contributed by atoms with Gasteiger partial charge < -0.3 is 10.5 Å². The van der Waals surface area contributed by atoms with Crippen LogP contribution in [-0.2, 0) is 13.0 Å². The summed E-state index contributed by atoms with van der Waals surface area (Å²) < 4.78 is 19.3. The molecule has 112 valence electrons. The summed E-state index contributed by atoms with van der Waals surface area (Å²) in [4.78, 5) is 0. The van der Waals surface area contributed by atoms with E-state index in [1.54, 1.807) is 30.3 Å². The number of nitrogens with two attached hydrogens (primary N) is 1. The smallest absolute Gasteiger partial charge is 0.141 e. The van der Waals surface area contributed by atoms with E-state index in [2.05, 4.69) is 0 Å². The van der Waals surface area contributed by atoms with Crippen molar-refractivity contribution in [2.75, 3.05) is 0 Å². The van der Waals surface area contributed by atoms with Crippen LogP contribution in [0.4, 0.5) is 4.39 Å². The number of ether oxygens (including phenoxy) is 1. The molecule has 0 spiro atoms. The molecule has 2 rings (SSSR count). The fraction of sp³-hybridized carbons (Fsp3) is 0.250. The van der Waals surface area contributed by atoms with Crippen LogP contribution in [0.3, 0.4) is 0 Å². The second-order valence-electron chi connectivity index (χ2n) is 4.94. The Kier molecular flexibility index (Phi) is 5.45. The van der Waals surface area contributed by atoms with E-state index in [1.807, 2.05) is 6.92 Å². The van der Waals surface area contributed by atoms with Crippen molar-refractivity contribution >= 4 is 23.2 Å². The van der Waals surface area contributed by atoms with Crippen molar-refractivity contribution in [3.8, 4) is 5.75 Å². The number of hydrogen-bond donors (Lipinski definition) is 1. The monoisotopic (exact) mass is 327 g/mol. The lowest BCUT2D eigenvalue weighted by Crippen LogP contribution is -2.18. The Morgan fingerprint density at radius 1 is 1.19 bits per heavy atom. The quantitative estimate of drug-likeness (QED) is 0.870. The van der Waals surface area contributed by atoms with Crippen LogP contribution in [0.5, 0.6) is 5.75 Å². The molecule has 1 unspecified atom stereocenters. The molecule has 0 saturated carbocycles. The molecule has 2 nitrogen and oxygen atoms in total. The molecule has 0 radical (unpaired) electrons. The zero-order valence-electron chi connectivity index (χ0n) is 11.6. The lowest BCUT2D eigenvalue weighted by Gasteiger charge is -2.15. The molecule has 0 amide bonds. The number of rotatable bonds is 5. The van der Waals surface area contributed by atoms with Gasteiger partial charge in [0.1, 0.15) is 18.2 Å². The Bertz CT molecular complexity index is 632. The highest BCUT2D eigenvalue weighted by atomic mass is 35.5. The minimum absolute atomic E-state index is 0.0599. The Morgan fingerprint density at radius 2 is 1.90 bits per heavy atom. The second kappa shape index (κ2) is 7.12. The van der Waals surface area contributed by atoms with E-state index in [4.69, 9.17) is 33.7 Å². The third kappa shape index (κ3) is 4.34. The highest BCUT2D eigenvalue weighted by molar-refractivity contribution is 6.35. The van der Waals surface area contributed by atoms with Gasteiger partial charge in [-0.1, -0.05) is 41.4 Å². The van der Waals surface area contributed by atoms with Crippen LogP contribution < -0.4 is 10.5 Å². The molecule has 21 heavy (non-hydrogen) atoms. The van der Waals surface area contributed by atoms with Gasteiger partial charge in [-0.2, -0.15) is 0 Å². The maximum absolute atomic E-state index is 13.6. The van der Waals surface area contributed by atoms with Gasteiger partial charge in [-0.15, -0.1) is 0 Å². The van der Waals surface area contributed by atoms with E-state index in [0.717, 1.165) is 5.56 Å². The first-order chi connectivity index (χ1) is 9.97. The summed E-state index contributed by atoms with van der Waals surface area (Å²) in [5, 5.41) is 0.920. The zero-order valence-corrected chi connectivity index (χ0v) is 13.1. The van der Waals surface area contributed by atoms with E-state index in [1.165, 1.54) is 6.07 Å². The van der Waals surface area contributed by atoms with Crippen LogP contribution in [0.15, 0.2) is 36.4 Å². The van der Waals surface area contributed by atoms with Gasteiger partial charge >= 0.3 is 0 Å². The maximum atomic E-state index is 13.6. The molecule has 0 aromatic heterocycles. The Hall–Kier alpha value is -1.29. The van der Waals surface area contributed by atoms with E-state index >= 15 is 0 Å². The van der Waals surface area contributed by atoms with Gasteiger partial charge in [0.2, 0.25) is 0 Å². The van der Waals surface area contributed by atoms with Crippen LogP contribution in [0, 0.1) is 5.82 Å². The third-order valence-electron chi connectivity index (χ3n) is 2.96. The molecule has 0 saturated heterocycles. The van der Waals surface area contributed by atoms with Crippen LogP contribution in [-0.4, -0.2) is 6.04 Å². The van der Waals surface area contributed by atoms with Crippen molar-refractivity contribution in [3.05, 3.63) is 63.4 Å². The van der Waals surface area contributed by atoms with Crippen LogP contribution in [0.2, 0.25) is 10.0 Å². The SMILES string of the molecule is CC(N)Cc1cc(Cl)cc(Cl)c1OCc1ccccc1F. The summed E-state index contributed by atoms with van der Waals surface area (Å²) in [6.07, 6.45) is 0.576. The van der Waals surface area contributed by atoms with Gasteiger partial charge in [-0.3, -0.25) is 0 Å². The summed E-state index contributed by atoms with van der Waals surface area (Å²) in [5.74, 6) is 0.193. The third-order valence-corrected chi connectivity index (χ3v) is 3.46. The lowest BCUT2D eigenvalue weighted by atomic mass is 10.1. The molecule has 2 N–H and O–H groups in total. The van der Waals surface area contributed by atoms with Crippen molar-refractivity contribution in [2.24, 2.45) is 5.73 Å². The van der Waals surface area contributed by atoms with Gasteiger partial charge in [0.25, 0.3) is 0 Å². The minimum Gasteiger partial charge on any atom is -0.487 e. The predicted octanol–water partition coefficient (Wildman–Crippen LogP) is 4.60. The second-order valence-corrected chi connectivity index (χ2v) is 5.78. The molecule has 0 fully saturated rings. The standard InChI is InChI=1S/C16H16Cl2FNO/c1-10(20)6-12-7-13(17)8-14(18)16(12)21-9-11-4-2-3-5-15(11)19/h2-5,7-8,10H,6,9,20H2,1H3. The molecule has 0 aliphatic rings. The average molecular weight is 328 g/mol. The molecule has 0 heterocycles. The highest BCUT2D eigenvalue weighted by Gasteiger charge is 2.13. The van der Waals surface area contributed by atoms with E-state index < -0.39 is 0 Å². The zero-order chi connectivity index (χ0) is 15.4. The number of hydrogen-bond acceptors (Lipinski definition) is 2. The first kappa shape index (κ1) is 16.1. The molecule has 0 aliphatic carbocycles.